The van der Waals surface area contributed by atoms with Crippen LogP contribution in [-0.2, 0) is 10.0 Å². The van der Waals surface area contributed by atoms with Gasteiger partial charge in [0.25, 0.3) is 10.0 Å². The van der Waals surface area contributed by atoms with Gasteiger partial charge in [0.05, 0.1) is 4.34 Å². The maximum Gasteiger partial charge on any atom is 0.252 e. The Balaban J connectivity index is 2.15. The van der Waals surface area contributed by atoms with Gasteiger partial charge in [-0.15, -0.1) is 11.3 Å². The van der Waals surface area contributed by atoms with Crippen LogP contribution in [0.3, 0.4) is 0 Å². The van der Waals surface area contributed by atoms with E-state index in [4.69, 9.17) is 11.6 Å². The van der Waals surface area contributed by atoms with E-state index in [2.05, 4.69) is 12.2 Å². The molecule has 114 valence electrons. The molecule has 0 radical (unpaired) electrons. The van der Waals surface area contributed by atoms with E-state index in [0.717, 1.165) is 43.6 Å². The molecule has 0 aromatic carbocycles. The lowest BCUT2D eigenvalue weighted by Gasteiger charge is -2.24. The molecule has 0 saturated carbocycles. The summed E-state index contributed by atoms with van der Waals surface area (Å²) in [5, 5.41) is 3.36. The minimum Gasteiger partial charge on any atom is -0.313 e. The number of thiophene rings is 1. The lowest BCUT2D eigenvalue weighted by atomic mass is 10.2. The molecular formula is C13H21ClN2O2S2. The van der Waals surface area contributed by atoms with Crippen LogP contribution in [0.1, 0.15) is 32.6 Å². The normalized spacial score (nSPS) is 19.9. The predicted octanol–water partition coefficient (Wildman–Crippen LogP) is 2.94. The van der Waals surface area contributed by atoms with E-state index in [0.29, 0.717) is 21.6 Å². The second-order valence-corrected chi connectivity index (χ2v) is 8.95. The van der Waals surface area contributed by atoms with Crippen LogP contribution in [-0.4, -0.2) is 38.4 Å². The molecule has 1 fully saturated rings. The molecule has 1 aromatic heterocycles. The molecule has 2 rings (SSSR count). The van der Waals surface area contributed by atoms with Crippen LogP contribution in [0.2, 0.25) is 4.34 Å². The Kier molecular flexibility index (Phi) is 5.86. The van der Waals surface area contributed by atoms with Gasteiger partial charge in [-0.2, -0.15) is 4.31 Å². The SMILES string of the molecule is CCCCN(CC1CCCN1)S(=O)(=O)c1ccc(Cl)s1. The maximum absolute atomic E-state index is 12.7. The van der Waals surface area contributed by atoms with Gasteiger partial charge in [0.15, 0.2) is 0 Å². The van der Waals surface area contributed by atoms with Crippen molar-refractivity contribution in [1.29, 1.82) is 0 Å². The van der Waals surface area contributed by atoms with Crippen molar-refractivity contribution in [2.75, 3.05) is 19.6 Å². The number of halogens is 1. The molecule has 1 atom stereocenters. The average molecular weight is 337 g/mol. The van der Waals surface area contributed by atoms with Crippen molar-refractivity contribution in [2.24, 2.45) is 0 Å². The predicted molar refractivity (Wildman–Crippen MR) is 84.0 cm³/mol. The minimum absolute atomic E-state index is 0.275. The summed E-state index contributed by atoms with van der Waals surface area (Å²) in [6.07, 6.45) is 4.03. The number of nitrogens with one attached hydrogen (secondary N) is 1. The van der Waals surface area contributed by atoms with Crippen molar-refractivity contribution >= 4 is 33.0 Å². The van der Waals surface area contributed by atoms with E-state index in [1.165, 1.54) is 0 Å². The Morgan fingerprint density at radius 1 is 1.50 bits per heavy atom. The number of rotatable bonds is 7. The summed E-state index contributed by atoms with van der Waals surface area (Å²) in [6, 6.07) is 3.52. The molecule has 1 aliphatic heterocycles. The van der Waals surface area contributed by atoms with Crippen molar-refractivity contribution < 1.29 is 8.42 Å². The zero-order chi connectivity index (χ0) is 14.6. The number of unbranched alkanes of at least 4 members (excludes halogenated alkanes) is 1. The molecule has 1 saturated heterocycles. The third-order valence-corrected chi connectivity index (χ3v) is 7.05. The maximum atomic E-state index is 12.7. The second-order valence-electron chi connectivity index (χ2n) is 5.07. The Labute approximate surface area is 130 Å². The van der Waals surface area contributed by atoms with Gasteiger partial charge < -0.3 is 5.32 Å². The van der Waals surface area contributed by atoms with Gasteiger partial charge in [-0.3, -0.25) is 0 Å². The van der Waals surface area contributed by atoms with Crippen LogP contribution in [0.5, 0.6) is 0 Å². The van der Waals surface area contributed by atoms with Crippen molar-refractivity contribution in [2.45, 2.75) is 42.9 Å². The van der Waals surface area contributed by atoms with Crippen molar-refractivity contribution in [3.63, 3.8) is 0 Å². The molecule has 0 spiro atoms. The van der Waals surface area contributed by atoms with Crippen molar-refractivity contribution in [1.82, 2.24) is 9.62 Å². The van der Waals surface area contributed by atoms with Gasteiger partial charge in [-0.25, -0.2) is 8.42 Å². The van der Waals surface area contributed by atoms with Crippen LogP contribution in [0.15, 0.2) is 16.3 Å². The van der Waals surface area contributed by atoms with Gasteiger partial charge >= 0.3 is 0 Å². The topological polar surface area (TPSA) is 49.4 Å². The molecule has 0 bridgehead atoms. The minimum atomic E-state index is -3.41. The monoisotopic (exact) mass is 336 g/mol. The summed E-state index contributed by atoms with van der Waals surface area (Å²) < 4.78 is 27.8. The zero-order valence-corrected chi connectivity index (χ0v) is 14.0. The quantitative estimate of drug-likeness (QED) is 0.832. The molecule has 7 heteroatoms. The summed E-state index contributed by atoms with van der Waals surface area (Å²) in [7, 11) is -3.41. The third-order valence-electron chi connectivity index (χ3n) is 3.49. The number of nitrogens with zero attached hydrogens (tertiary/aromatic N) is 1. The summed E-state index contributed by atoms with van der Waals surface area (Å²) in [6.45, 7) is 4.18. The fourth-order valence-electron chi connectivity index (χ4n) is 2.37. The number of hydrogen-bond donors (Lipinski definition) is 1. The van der Waals surface area contributed by atoms with E-state index in [9.17, 15) is 8.42 Å². The molecule has 1 N–H and O–H groups in total. The molecule has 4 nitrogen and oxygen atoms in total. The molecule has 1 unspecified atom stereocenters. The standard InChI is InChI=1S/C13H21ClN2O2S2/c1-2-3-9-16(10-11-5-4-8-15-11)20(17,18)13-7-6-12(14)19-13/h6-7,11,15H,2-5,8-10H2,1H3. The van der Waals surface area contributed by atoms with E-state index < -0.39 is 10.0 Å². The Morgan fingerprint density at radius 3 is 2.85 bits per heavy atom. The van der Waals surface area contributed by atoms with E-state index in [1.54, 1.807) is 16.4 Å². The molecule has 1 aliphatic rings. The summed E-state index contributed by atoms with van der Waals surface area (Å²) in [5.74, 6) is 0. The largest absolute Gasteiger partial charge is 0.313 e. The van der Waals surface area contributed by atoms with Gasteiger partial charge in [-0.1, -0.05) is 24.9 Å². The third kappa shape index (κ3) is 3.95. The highest BCUT2D eigenvalue weighted by atomic mass is 35.5. The zero-order valence-electron chi connectivity index (χ0n) is 11.6. The van der Waals surface area contributed by atoms with Crippen LogP contribution in [0.4, 0.5) is 0 Å². The van der Waals surface area contributed by atoms with Crippen molar-refractivity contribution in [3.05, 3.63) is 16.5 Å². The molecule has 0 aliphatic carbocycles. The molecule has 1 aromatic rings. The van der Waals surface area contributed by atoms with E-state index >= 15 is 0 Å². The smallest absolute Gasteiger partial charge is 0.252 e. The summed E-state index contributed by atoms with van der Waals surface area (Å²) in [4.78, 5) is 0. The van der Waals surface area contributed by atoms with Gasteiger partial charge in [0.2, 0.25) is 0 Å². The molecule has 20 heavy (non-hydrogen) atoms. The summed E-state index contributed by atoms with van der Waals surface area (Å²) >= 11 is 7.00. The molecule has 0 amide bonds. The fourth-order valence-corrected chi connectivity index (χ4v) is 5.53. The fraction of sp³-hybridized carbons (Fsp3) is 0.692. The van der Waals surface area contributed by atoms with Gasteiger partial charge in [0, 0.05) is 19.1 Å². The highest BCUT2D eigenvalue weighted by Crippen LogP contribution is 2.28. The van der Waals surface area contributed by atoms with E-state index in [-0.39, 0.29) is 6.04 Å². The van der Waals surface area contributed by atoms with Crippen molar-refractivity contribution in [3.8, 4) is 0 Å². The summed E-state index contributed by atoms with van der Waals surface area (Å²) in [5.41, 5.74) is 0. The Morgan fingerprint density at radius 2 is 2.30 bits per heavy atom. The Hall–Kier alpha value is -0.140. The van der Waals surface area contributed by atoms with Gasteiger partial charge in [0.1, 0.15) is 4.21 Å². The van der Waals surface area contributed by atoms with Crippen LogP contribution < -0.4 is 5.32 Å². The first-order chi connectivity index (χ1) is 9.54. The first-order valence-corrected chi connectivity index (χ1v) is 9.66. The Bertz CT molecular complexity index is 524. The lowest BCUT2D eigenvalue weighted by molar-refractivity contribution is 0.365. The molecular weight excluding hydrogens is 316 g/mol. The van der Waals surface area contributed by atoms with Crippen LogP contribution >= 0.6 is 22.9 Å². The lowest BCUT2D eigenvalue weighted by Crippen LogP contribution is -2.41. The van der Waals surface area contributed by atoms with Crippen LogP contribution in [0, 0.1) is 0 Å². The number of hydrogen-bond acceptors (Lipinski definition) is 4. The number of sulfonamides is 1. The molecule has 2 heterocycles. The first kappa shape index (κ1) is 16.2. The highest BCUT2D eigenvalue weighted by molar-refractivity contribution is 7.91. The van der Waals surface area contributed by atoms with Gasteiger partial charge in [-0.05, 0) is 37.9 Å². The highest BCUT2D eigenvalue weighted by Gasteiger charge is 2.29. The van der Waals surface area contributed by atoms with Crippen LogP contribution in [0.25, 0.3) is 0 Å². The average Bonchev–Trinajstić information content (AvgIpc) is 3.05. The second kappa shape index (κ2) is 7.22. The first-order valence-electron chi connectivity index (χ1n) is 7.03. The van der Waals surface area contributed by atoms with E-state index in [1.807, 2.05) is 0 Å².